The first-order valence-corrected chi connectivity index (χ1v) is 9.15. The quantitative estimate of drug-likeness (QED) is 0.201. The molecule has 0 aliphatic carbocycles. The number of phosphoric ester groups is 1. The fourth-order valence-corrected chi connectivity index (χ4v) is 4.61. The molecule has 15 heteroatoms. The number of hydrogen-bond donors (Lipinski definition) is 3. The number of aliphatic imine (C=N–C) groups is 2. The summed E-state index contributed by atoms with van der Waals surface area (Å²) in [4.78, 5) is 33.0. The zero-order chi connectivity index (χ0) is 17.2. The van der Waals surface area contributed by atoms with Crippen LogP contribution in [0.2, 0.25) is 0 Å². The number of nitrogens with zero attached hydrogens (tertiary/aromatic N) is 3. The van der Waals surface area contributed by atoms with Crippen molar-refractivity contribution in [1.29, 1.82) is 0 Å². The van der Waals surface area contributed by atoms with Crippen LogP contribution in [-0.4, -0.2) is 70.0 Å². The van der Waals surface area contributed by atoms with Crippen LogP contribution in [0.1, 0.15) is 0 Å². The van der Waals surface area contributed by atoms with E-state index >= 15 is 0 Å². The van der Waals surface area contributed by atoms with Gasteiger partial charge in [-0.1, -0.05) is 0 Å². The summed E-state index contributed by atoms with van der Waals surface area (Å²) >= 11 is 3.21. The first-order valence-electron chi connectivity index (χ1n) is 6.90. The Bertz CT molecular complexity index is 709. The van der Waals surface area contributed by atoms with Crippen LogP contribution in [0.5, 0.6) is 0 Å². The van der Waals surface area contributed by atoms with Crippen LogP contribution in [0.25, 0.3) is 0 Å². The molecular weight excluding hydrogens is 436 g/mol. The maximum atomic E-state index is 12.0. The van der Waals surface area contributed by atoms with Crippen LogP contribution in [0.15, 0.2) is 9.98 Å². The van der Waals surface area contributed by atoms with Gasteiger partial charge in [0.1, 0.15) is 18.3 Å². The Morgan fingerprint density at radius 3 is 2.92 bits per heavy atom. The Morgan fingerprint density at radius 1 is 1.48 bits per heavy atom. The number of amidine groups is 1. The maximum absolute atomic E-state index is 12.0. The summed E-state index contributed by atoms with van der Waals surface area (Å²) < 4.78 is 26.7. The van der Waals surface area contributed by atoms with Crippen LogP contribution < -0.4 is 45.5 Å². The number of rotatable bonds is 1. The predicted molar refractivity (Wildman–Crippen MR) is 78.6 cm³/mol. The number of nitrogens with two attached hydrogens (primary N) is 1. The fourth-order valence-electron chi connectivity index (χ4n) is 3.02. The van der Waals surface area contributed by atoms with Gasteiger partial charge in [0.2, 0.25) is 0 Å². The van der Waals surface area contributed by atoms with Gasteiger partial charge in [0, 0.05) is 0 Å². The van der Waals surface area contributed by atoms with E-state index < -0.39 is 50.5 Å². The number of carbonyl (C=O) groups excluding carboxylic acids is 1. The zero-order valence-corrected chi connectivity index (χ0v) is 17.3. The number of aliphatic hydroxyl groups excluding tert-OH is 1. The number of phosphoric acid groups is 1. The molecule has 0 spiro atoms. The molecule has 132 valence electrons. The number of carbonyl (C=O) groups is 1. The van der Waals surface area contributed by atoms with Crippen molar-refractivity contribution in [1.82, 2.24) is 10.2 Å². The van der Waals surface area contributed by atoms with E-state index in [2.05, 4.69) is 35.8 Å². The third-order valence-electron chi connectivity index (χ3n) is 4.05. The molecule has 0 aromatic rings. The molecule has 25 heavy (non-hydrogen) atoms. The van der Waals surface area contributed by atoms with E-state index in [1.165, 1.54) is 4.90 Å². The van der Waals surface area contributed by atoms with Crippen molar-refractivity contribution in [3.05, 3.63) is 0 Å². The molecule has 4 rings (SSSR count). The molecular formula is C10H12BrN5NaO7P. The van der Waals surface area contributed by atoms with Crippen LogP contribution >= 0.6 is 23.8 Å². The van der Waals surface area contributed by atoms with Gasteiger partial charge in [0.15, 0.2) is 29.1 Å². The molecule has 0 saturated carbocycles. The number of fused-ring (bicyclic) bond motifs is 2. The average Bonchev–Trinajstić information content (AvgIpc) is 2.96. The molecule has 0 aromatic carbocycles. The van der Waals surface area contributed by atoms with Gasteiger partial charge in [0.25, 0.3) is 13.7 Å². The van der Waals surface area contributed by atoms with Gasteiger partial charge in [-0.15, -0.1) is 0 Å². The van der Waals surface area contributed by atoms with Crippen LogP contribution in [-0.2, 0) is 23.1 Å². The molecule has 0 bridgehead atoms. The van der Waals surface area contributed by atoms with E-state index in [-0.39, 0.29) is 46.9 Å². The second-order valence-electron chi connectivity index (χ2n) is 5.54. The fraction of sp³-hybridized carbons (Fsp3) is 0.700. The summed E-state index contributed by atoms with van der Waals surface area (Å²) in [5, 5.41) is 12.8. The molecule has 0 radical (unpaired) electrons. The molecule has 0 aromatic heterocycles. The third kappa shape index (κ3) is 3.31. The minimum absolute atomic E-state index is 0. The van der Waals surface area contributed by atoms with Crippen LogP contribution in [0.3, 0.4) is 0 Å². The number of guanidine groups is 1. The van der Waals surface area contributed by atoms with Crippen molar-refractivity contribution < 1.29 is 62.7 Å². The summed E-state index contributed by atoms with van der Waals surface area (Å²) in [6.45, 7) is -0.276. The van der Waals surface area contributed by atoms with E-state index in [0.717, 1.165) is 0 Å². The Balaban J connectivity index is 0.00000182. The minimum atomic E-state index is -4.48. The summed E-state index contributed by atoms with van der Waals surface area (Å²) in [5.41, 5.74) is 5.57. The van der Waals surface area contributed by atoms with E-state index in [1.807, 2.05) is 0 Å². The zero-order valence-electron chi connectivity index (χ0n) is 12.8. The molecule has 4 aliphatic rings. The number of aliphatic hydroxyl groups is 1. The average molecular weight is 448 g/mol. The van der Waals surface area contributed by atoms with Crippen LogP contribution in [0, 0.1) is 0 Å². The normalized spacial score (nSPS) is 45.7. The molecule has 12 nitrogen and oxygen atoms in total. The van der Waals surface area contributed by atoms with Crippen molar-refractivity contribution >= 4 is 40.4 Å². The van der Waals surface area contributed by atoms with Gasteiger partial charge in [-0.05, 0) is 15.9 Å². The Hall–Kier alpha value is -0.0800. The van der Waals surface area contributed by atoms with Crippen LogP contribution in [0.4, 0.5) is 0 Å². The molecule has 4 heterocycles. The van der Waals surface area contributed by atoms with Crippen molar-refractivity contribution in [3.8, 4) is 0 Å². The Morgan fingerprint density at radius 2 is 2.20 bits per heavy atom. The largest absolute Gasteiger partial charge is 1.00 e. The van der Waals surface area contributed by atoms with Gasteiger partial charge in [0.05, 0.1) is 6.61 Å². The van der Waals surface area contributed by atoms with E-state index in [9.17, 15) is 19.4 Å². The molecule has 7 atom stereocenters. The molecule has 2 saturated heterocycles. The van der Waals surface area contributed by atoms with Crippen molar-refractivity contribution in [2.45, 2.75) is 36.7 Å². The molecule has 4 N–H and O–H groups in total. The molecule has 4 unspecified atom stereocenters. The number of halogens is 1. The summed E-state index contributed by atoms with van der Waals surface area (Å²) in [5.74, 6) is -0.530. The Labute approximate surface area is 171 Å². The van der Waals surface area contributed by atoms with E-state index in [0.29, 0.717) is 0 Å². The van der Waals surface area contributed by atoms with Gasteiger partial charge in [-0.2, -0.15) is 0 Å². The Kier molecular flexibility index (Phi) is 5.37. The first kappa shape index (κ1) is 19.7. The molecule has 4 aliphatic heterocycles. The van der Waals surface area contributed by atoms with Gasteiger partial charge >= 0.3 is 29.6 Å². The summed E-state index contributed by atoms with van der Waals surface area (Å²) in [6.07, 6.45) is -5.11. The van der Waals surface area contributed by atoms with E-state index in [1.54, 1.807) is 0 Å². The SMILES string of the molecule is NC1=NC2C(N=C(Br)N2C2O[C@H]3COP(=O)([O-])O[C@@H]3[C@@H]2O)C(=O)N1.[Na+]. The minimum Gasteiger partial charge on any atom is -0.756 e. The molecule has 1 amide bonds. The summed E-state index contributed by atoms with van der Waals surface area (Å²) in [7, 11) is -4.48. The first-order chi connectivity index (χ1) is 11.3. The molecule has 2 fully saturated rings. The summed E-state index contributed by atoms with van der Waals surface area (Å²) in [6, 6.07) is -0.868. The maximum Gasteiger partial charge on any atom is 1.00 e. The third-order valence-corrected chi connectivity index (χ3v) is 5.63. The second kappa shape index (κ2) is 6.82. The van der Waals surface area contributed by atoms with Gasteiger partial charge in [-0.3, -0.25) is 19.6 Å². The van der Waals surface area contributed by atoms with Gasteiger partial charge < -0.3 is 29.5 Å². The second-order valence-corrected chi connectivity index (χ2v) is 7.61. The number of ether oxygens (including phenoxy) is 1. The smallest absolute Gasteiger partial charge is 0.756 e. The number of amides is 1. The number of hydrogen-bond acceptors (Lipinski definition) is 11. The number of nitrogens with one attached hydrogen (secondary N) is 1. The van der Waals surface area contributed by atoms with Crippen molar-refractivity contribution in [2.75, 3.05) is 6.61 Å². The monoisotopic (exact) mass is 447 g/mol. The van der Waals surface area contributed by atoms with Crippen molar-refractivity contribution in [2.24, 2.45) is 15.7 Å². The van der Waals surface area contributed by atoms with Crippen molar-refractivity contribution in [3.63, 3.8) is 0 Å². The predicted octanol–water partition coefficient (Wildman–Crippen LogP) is -5.83. The van der Waals surface area contributed by atoms with Gasteiger partial charge in [-0.25, -0.2) is 9.98 Å². The van der Waals surface area contributed by atoms with E-state index in [4.69, 9.17) is 15.0 Å². The topological polar surface area (TPSA) is 171 Å². The standard InChI is InChI=1S/C10H13BrN5O7P.Na/c11-9-13-3-6(14-10(12)15-7(3)18)16(9)8-4(17)5-2(22-8)1-21-24(19,20)23-5;/h2-6,8,17H,1H2,(H,19,20)(H3,12,14,15,18);/q;+1/p-1/t2-,3?,4-,5-,6?,8?;/m0./s1.